The molecule has 30 heavy (non-hydrogen) atoms. The van der Waals surface area contributed by atoms with Gasteiger partial charge in [0.25, 0.3) is 0 Å². The topological polar surface area (TPSA) is 42.0 Å². The molecule has 3 nitrogen and oxygen atoms in total. The lowest BCUT2D eigenvalue weighted by atomic mass is 10.0. The highest BCUT2D eigenvalue weighted by Crippen LogP contribution is 2.13. The van der Waals surface area contributed by atoms with Crippen molar-refractivity contribution in [2.75, 3.05) is 6.54 Å². The molecule has 164 valence electrons. The largest absolute Gasteiger partial charge is 0.352 e. The van der Waals surface area contributed by atoms with Gasteiger partial charge in [-0.25, -0.2) is 0 Å². The van der Waals surface area contributed by atoms with Gasteiger partial charge in [0.2, 0.25) is 5.91 Å². The van der Waals surface area contributed by atoms with Gasteiger partial charge in [-0.2, -0.15) is 0 Å². The Morgan fingerprint density at radius 3 is 1.97 bits per heavy atom. The van der Waals surface area contributed by atoms with Crippen LogP contribution < -0.4 is 5.32 Å². The molecule has 0 radical (unpaired) electrons. The second-order valence-electron chi connectivity index (χ2n) is 8.39. The van der Waals surface area contributed by atoms with E-state index in [0.29, 0.717) is 13.0 Å². The monoisotopic (exact) mass is 408 g/mol. The van der Waals surface area contributed by atoms with Crippen LogP contribution in [0.25, 0.3) is 0 Å². The summed E-state index contributed by atoms with van der Waals surface area (Å²) >= 11 is 0. The highest BCUT2D eigenvalue weighted by molar-refractivity contribution is 5.78. The predicted octanol–water partition coefficient (Wildman–Crippen LogP) is 6.89. The first kappa shape index (κ1) is 25.6. The molecular formula is C27H40N2O. The number of pyridine rings is 1. The van der Waals surface area contributed by atoms with E-state index in [1.165, 1.54) is 22.3 Å². The van der Waals surface area contributed by atoms with E-state index in [-0.39, 0.29) is 5.91 Å². The van der Waals surface area contributed by atoms with Crippen molar-refractivity contribution in [3.05, 3.63) is 76.7 Å². The van der Waals surface area contributed by atoms with E-state index in [2.05, 4.69) is 69.2 Å². The van der Waals surface area contributed by atoms with Crippen LogP contribution in [-0.4, -0.2) is 17.4 Å². The number of nitrogens with zero attached hydrogens (tertiary/aromatic N) is 1. The zero-order chi connectivity index (χ0) is 22.2. The molecule has 1 aromatic rings. The molecule has 0 unspecified atom stereocenters. The van der Waals surface area contributed by atoms with Crippen molar-refractivity contribution in [2.24, 2.45) is 0 Å². The van der Waals surface area contributed by atoms with Gasteiger partial charge in [0.05, 0.1) is 6.42 Å². The molecule has 1 N–H and O–H groups in total. The van der Waals surface area contributed by atoms with E-state index in [4.69, 9.17) is 0 Å². The van der Waals surface area contributed by atoms with Crippen LogP contribution in [0.3, 0.4) is 0 Å². The molecule has 0 aromatic carbocycles. The Morgan fingerprint density at radius 2 is 1.43 bits per heavy atom. The standard InChI is InChI=1S/C27H40N2O/c1-22(2)10-6-11-23(3)12-7-13-24(4)14-8-15-25(5)17-19-29-27(30)20-26-16-9-18-28-21-26/h9-10,12,14,16-18,21H,6-8,11,13,15,19-20H2,1-5H3,(H,29,30)/b23-12+,24-14+,25-17+. The van der Waals surface area contributed by atoms with Crippen LogP contribution in [0.15, 0.2) is 71.1 Å². The Hall–Kier alpha value is -2.42. The van der Waals surface area contributed by atoms with Crippen LogP contribution in [0.4, 0.5) is 0 Å². The van der Waals surface area contributed by atoms with Crippen LogP contribution >= 0.6 is 0 Å². The number of nitrogens with one attached hydrogen (secondary N) is 1. The Balaban J connectivity index is 2.21. The third kappa shape index (κ3) is 13.7. The van der Waals surface area contributed by atoms with E-state index < -0.39 is 0 Å². The first-order valence-electron chi connectivity index (χ1n) is 11.1. The molecule has 0 aliphatic heterocycles. The van der Waals surface area contributed by atoms with Gasteiger partial charge in [0.1, 0.15) is 0 Å². The molecule has 0 aliphatic rings. The summed E-state index contributed by atoms with van der Waals surface area (Å²) in [6, 6.07) is 3.77. The molecule has 1 rings (SSSR count). The smallest absolute Gasteiger partial charge is 0.224 e. The van der Waals surface area contributed by atoms with Crippen LogP contribution in [0.5, 0.6) is 0 Å². The summed E-state index contributed by atoms with van der Waals surface area (Å²) < 4.78 is 0. The molecule has 1 heterocycles. The summed E-state index contributed by atoms with van der Waals surface area (Å²) in [6.45, 7) is 11.5. The van der Waals surface area contributed by atoms with Crippen molar-refractivity contribution in [1.82, 2.24) is 10.3 Å². The minimum absolute atomic E-state index is 0.0342. The average molecular weight is 409 g/mol. The van der Waals surface area contributed by atoms with E-state index in [9.17, 15) is 4.79 Å². The maximum Gasteiger partial charge on any atom is 0.224 e. The fourth-order valence-electron chi connectivity index (χ4n) is 3.08. The summed E-state index contributed by atoms with van der Waals surface area (Å²) in [5.74, 6) is 0.0342. The minimum atomic E-state index is 0.0342. The number of hydrogen-bond donors (Lipinski definition) is 1. The van der Waals surface area contributed by atoms with Gasteiger partial charge in [-0.1, -0.05) is 52.7 Å². The summed E-state index contributed by atoms with van der Waals surface area (Å²) in [4.78, 5) is 16.0. The van der Waals surface area contributed by atoms with Crippen molar-refractivity contribution in [3.8, 4) is 0 Å². The third-order valence-corrected chi connectivity index (χ3v) is 4.99. The molecule has 0 spiro atoms. The van der Waals surface area contributed by atoms with Crippen molar-refractivity contribution >= 4 is 5.91 Å². The van der Waals surface area contributed by atoms with Gasteiger partial charge in [-0.3, -0.25) is 9.78 Å². The van der Waals surface area contributed by atoms with Gasteiger partial charge in [-0.05, 0) is 84.8 Å². The van der Waals surface area contributed by atoms with Gasteiger partial charge < -0.3 is 5.32 Å². The maximum absolute atomic E-state index is 11.9. The summed E-state index contributed by atoms with van der Waals surface area (Å²) in [5, 5.41) is 2.95. The van der Waals surface area contributed by atoms with E-state index in [0.717, 1.165) is 44.1 Å². The fourth-order valence-corrected chi connectivity index (χ4v) is 3.08. The highest BCUT2D eigenvalue weighted by atomic mass is 16.1. The average Bonchev–Trinajstić information content (AvgIpc) is 2.68. The molecule has 3 heteroatoms. The molecule has 0 fully saturated rings. The first-order valence-corrected chi connectivity index (χ1v) is 11.1. The Labute approximate surface area is 184 Å². The van der Waals surface area contributed by atoms with Gasteiger partial charge in [0, 0.05) is 18.9 Å². The molecule has 0 atom stereocenters. The molecule has 0 aliphatic carbocycles. The SMILES string of the molecule is CC(C)=CCC/C(C)=C/CC/C(C)=C/CC/C(C)=C/CNC(=O)Cc1cccnc1. The van der Waals surface area contributed by atoms with Crippen molar-refractivity contribution < 1.29 is 4.79 Å². The number of allylic oxidation sites excluding steroid dienone is 7. The van der Waals surface area contributed by atoms with Gasteiger partial charge >= 0.3 is 0 Å². The second-order valence-corrected chi connectivity index (χ2v) is 8.39. The zero-order valence-corrected chi connectivity index (χ0v) is 19.6. The zero-order valence-electron chi connectivity index (χ0n) is 19.6. The van der Waals surface area contributed by atoms with Gasteiger partial charge in [-0.15, -0.1) is 0 Å². The van der Waals surface area contributed by atoms with Crippen LogP contribution in [-0.2, 0) is 11.2 Å². The van der Waals surface area contributed by atoms with E-state index in [1.54, 1.807) is 12.4 Å². The Kier molecular flexibility index (Phi) is 13.2. The van der Waals surface area contributed by atoms with E-state index >= 15 is 0 Å². The van der Waals surface area contributed by atoms with Crippen LogP contribution in [0.1, 0.15) is 78.7 Å². The number of rotatable bonds is 13. The molecular weight excluding hydrogens is 368 g/mol. The third-order valence-electron chi connectivity index (χ3n) is 4.99. The van der Waals surface area contributed by atoms with Crippen molar-refractivity contribution in [3.63, 3.8) is 0 Å². The quantitative estimate of drug-likeness (QED) is 0.361. The normalized spacial score (nSPS) is 12.6. The summed E-state index contributed by atoms with van der Waals surface area (Å²) in [7, 11) is 0. The van der Waals surface area contributed by atoms with E-state index in [1.807, 2.05) is 12.1 Å². The predicted molar refractivity (Wildman–Crippen MR) is 129 cm³/mol. The number of aromatic nitrogens is 1. The van der Waals surface area contributed by atoms with Crippen LogP contribution in [0.2, 0.25) is 0 Å². The molecule has 1 amide bonds. The van der Waals surface area contributed by atoms with Crippen molar-refractivity contribution in [2.45, 2.75) is 79.6 Å². The molecule has 0 saturated heterocycles. The number of amides is 1. The lowest BCUT2D eigenvalue weighted by Crippen LogP contribution is -2.25. The number of carbonyl (C=O) groups excluding carboxylic acids is 1. The highest BCUT2D eigenvalue weighted by Gasteiger charge is 2.01. The molecule has 0 bridgehead atoms. The lowest BCUT2D eigenvalue weighted by molar-refractivity contribution is -0.120. The van der Waals surface area contributed by atoms with Gasteiger partial charge in [0.15, 0.2) is 0 Å². The van der Waals surface area contributed by atoms with Crippen molar-refractivity contribution in [1.29, 1.82) is 0 Å². The maximum atomic E-state index is 11.9. The molecule has 1 aromatic heterocycles. The number of carbonyl (C=O) groups is 1. The molecule has 0 saturated carbocycles. The number of hydrogen-bond acceptors (Lipinski definition) is 2. The lowest BCUT2D eigenvalue weighted by Gasteiger charge is -2.04. The Bertz CT molecular complexity index is 750. The Morgan fingerprint density at radius 1 is 0.867 bits per heavy atom. The minimum Gasteiger partial charge on any atom is -0.352 e. The van der Waals surface area contributed by atoms with Crippen LogP contribution in [0, 0.1) is 0 Å². The fraction of sp³-hybridized carbons (Fsp3) is 0.481. The first-order chi connectivity index (χ1) is 14.4. The second kappa shape index (κ2) is 15.4. The summed E-state index contributed by atoms with van der Waals surface area (Å²) in [6.07, 6.45) is 19.7. The summed E-state index contributed by atoms with van der Waals surface area (Å²) in [5.41, 5.74) is 6.61.